The molecule has 8 heteroatoms. The summed E-state index contributed by atoms with van der Waals surface area (Å²) in [5.74, 6) is 1.23. The average Bonchev–Trinajstić information content (AvgIpc) is 3.00. The number of hydrogen-bond donors (Lipinski definition) is 1. The van der Waals surface area contributed by atoms with E-state index in [4.69, 9.17) is 14.2 Å². The molecule has 2 atom stereocenters. The number of rotatable bonds is 7. The van der Waals surface area contributed by atoms with Gasteiger partial charge in [-0.05, 0) is 30.5 Å². The molecule has 0 unspecified atom stereocenters. The van der Waals surface area contributed by atoms with Crippen LogP contribution >= 0.6 is 0 Å². The Hall–Kier alpha value is -2.32. The Balaban J connectivity index is 1.77. The molecule has 166 valence electrons. The molecule has 2 heterocycles. The van der Waals surface area contributed by atoms with Gasteiger partial charge >= 0.3 is 0 Å². The van der Waals surface area contributed by atoms with Crippen molar-refractivity contribution >= 4 is 11.8 Å². The predicted octanol–water partition coefficient (Wildman–Crippen LogP) is 1.76. The molecule has 0 aliphatic carbocycles. The third-order valence-corrected chi connectivity index (χ3v) is 5.87. The van der Waals surface area contributed by atoms with E-state index in [1.54, 1.807) is 30.1 Å². The van der Waals surface area contributed by atoms with Gasteiger partial charge in [0.15, 0.2) is 11.5 Å². The van der Waals surface area contributed by atoms with Gasteiger partial charge in [-0.3, -0.25) is 9.59 Å². The SMILES string of the molecule is COc1ccc([C@@H]2[C@@H](CO)OCCN2C(=O)CCN2CCCCCC2=O)cc1OC. The number of ether oxygens (including phenoxy) is 3. The van der Waals surface area contributed by atoms with E-state index in [0.717, 1.165) is 24.8 Å². The van der Waals surface area contributed by atoms with Crippen molar-refractivity contribution in [3.8, 4) is 11.5 Å². The van der Waals surface area contributed by atoms with Gasteiger partial charge in [-0.15, -0.1) is 0 Å². The molecule has 0 radical (unpaired) electrons. The van der Waals surface area contributed by atoms with E-state index in [2.05, 4.69) is 0 Å². The van der Waals surface area contributed by atoms with E-state index in [9.17, 15) is 14.7 Å². The largest absolute Gasteiger partial charge is 0.493 e. The van der Waals surface area contributed by atoms with Crippen molar-refractivity contribution in [3.63, 3.8) is 0 Å². The highest BCUT2D eigenvalue weighted by molar-refractivity contribution is 5.79. The maximum atomic E-state index is 13.2. The number of amides is 2. The summed E-state index contributed by atoms with van der Waals surface area (Å²) in [5, 5.41) is 9.88. The molecule has 30 heavy (non-hydrogen) atoms. The van der Waals surface area contributed by atoms with E-state index in [0.29, 0.717) is 44.2 Å². The Morgan fingerprint density at radius 2 is 1.97 bits per heavy atom. The minimum Gasteiger partial charge on any atom is -0.493 e. The number of carbonyl (C=O) groups excluding carboxylic acids is 2. The number of benzene rings is 1. The molecule has 1 aromatic carbocycles. The number of carbonyl (C=O) groups is 2. The van der Waals surface area contributed by atoms with Crippen LogP contribution in [0.3, 0.4) is 0 Å². The minimum absolute atomic E-state index is 0.0476. The number of hydrogen-bond acceptors (Lipinski definition) is 6. The number of likely N-dealkylation sites (tertiary alicyclic amines) is 1. The average molecular weight is 421 g/mol. The maximum Gasteiger partial charge on any atom is 0.225 e. The molecular weight excluding hydrogens is 388 g/mol. The molecule has 0 aromatic heterocycles. The van der Waals surface area contributed by atoms with Gasteiger partial charge in [0.1, 0.15) is 6.10 Å². The summed E-state index contributed by atoms with van der Waals surface area (Å²) in [6, 6.07) is 5.04. The van der Waals surface area contributed by atoms with Gasteiger partial charge in [0.05, 0.1) is 33.5 Å². The van der Waals surface area contributed by atoms with E-state index >= 15 is 0 Å². The van der Waals surface area contributed by atoms with Crippen LogP contribution in [0.25, 0.3) is 0 Å². The Morgan fingerprint density at radius 1 is 1.17 bits per heavy atom. The van der Waals surface area contributed by atoms with Crippen molar-refractivity contribution in [3.05, 3.63) is 23.8 Å². The summed E-state index contributed by atoms with van der Waals surface area (Å²) in [4.78, 5) is 29.0. The summed E-state index contributed by atoms with van der Waals surface area (Å²) in [7, 11) is 3.13. The van der Waals surface area contributed by atoms with Gasteiger partial charge in [0.25, 0.3) is 0 Å². The van der Waals surface area contributed by atoms with E-state index in [1.807, 2.05) is 12.1 Å². The van der Waals surface area contributed by atoms with Gasteiger partial charge < -0.3 is 29.1 Å². The van der Waals surface area contributed by atoms with Crippen LogP contribution in [0.1, 0.15) is 43.7 Å². The molecular formula is C22H32N2O6. The van der Waals surface area contributed by atoms with Gasteiger partial charge in [0, 0.05) is 32.5 Å². The summed E-state index contributed by atoms with van der Waals surface area (Å²) in [6.07, 6.45) is 3.25. The highest BCUT2D eigenvalue weighted by Gasteiger charge is 2.36. The summed E-state index contributed by atoms with van der Waals surface area (Å²) in [5.41, 5.74) is 0.811. The first-order valence-corrected chi connectivity index (χ1v) is 10.6. The lowest BCUT2D eigenvalue weighted by Crippen LogP contribution is -2.50. The van der Waals surface area contributed by atoms with Crippen molar-refractivity contribution < 1.29 is 28.9 Å². The number of morpholine rings is 1. The maximum absolute atomic E-state index is 13.2. The van der Waals surface area contributed by atoms with Crippen molar-refractivity contribution in [1.29, 1.82) is 0 Å². The number of nitrogens with zero attached hydrogens (tertiary/aromatic N) is 2. The second-order valence-corrected chi connectivity index (χ2v) is 7.68. The predicted molar refractivity (Wildman–Crippen MR) is 110 cm³/mol. The van der Waals surface area contributed by atoms with Gasteiger partial charge in [-0.2, -0.15) is 0 Å². The fourth-order valence-electron chi connectivity index (χ4n) is 4.25. The molecule has 2 fully saturated rings. The van der Waals surface area contributed by atoms with Gasteiger partial charge in [-0.1, -0.05) is 12.5 Å². The zero-order chi connectivity index (χ0) is 21.5. The standard InChI is InChI=1S/C22H32N2O6/c1-28-17-8-7-16(14-18(17)29-2)22-19(15-25)30-13-12-24(22)21(27)9-11-23-10-5-3-4-6-20(23)26/h7-8,14,19,22,25H,3-6,9-13,15H2,1-2H3/t19-,22-/m1/s1. The van der Waals surface area contributed by atoms with Crippen molar-refractivity contribution in [2.75, 3.05) is 47.1 Å². The molecule has 0 saturated carbocycles. The normalized spacial score (nSPS) is 22.6. The van der Waals surface area contributed by atoms with Crippen LogP contribution in [0.4, 0.5) is 0 Å². The minimum atomic E-state index is -0.527. The van der Waals surface area contributed by atoms with E-state index < -0.39 is 12.1 Å². The van der Waals surface area contributed by atoms with E-state index in [-0.39, 0.29) is 24.8 Å². The lowest BCUT2D eigenvalue weighted by atomic mass is 9.97. The monoisotopic (exact) mass is 420 g/mol. The Bertz CT molecular complexity index is 740. The molecule has 2 aliphatic rings. The van der Waals surface area contributed by atoms with Crippen LogP contribution < -0.4 is 9.47 Å². The molecule has 8 nitrogen and oxygen atoms in total. The highest BCUT2D eigenvalue weighted by Crippen LogP contribution is 2.36. The molecule has 2 amide bonds. The number of aliphatic hydroxyl groups is 1. The van der Waals surface area contributed by atoms with Gasteiger partial charge in [-0.25, -0.2) is 0 Å². The Labute approximate surface area is 177 Å². The van der Waals surface area contributed by atoms with Crippen LogP contribution in [0, 0.1) is 0 Å². The lowest BCUT2D eigenvalue weighted by molar-refractivity contribution is -0.150. The fourth-order valence-corrected chi connectivity index (χ4v) is 4.25. The fraction of sp³-hybridized carbons (Fsp3) is 0.636. The Morgan fingerprint density at radius 3 is 2.70 bits per heavy atom. The van der Waals surface area contributed by atoms with Crippen LogP contribution in [0.15, 0.2) is 18.2 Å². The lowest BCUT2D eigenvalue weighted by Gasteiger charge is -2.41. The topological polar surface area (TPSA) is 88.5 Å². The molecule has 2 aliphatic heterocycles. The zero-order valence-electron chi connectivity index (χ0n) is 17.8. The van der Waals surface area contributed by atoms with Crippen LogP contribution in [-0.2, 0) is 14.3 Å². The smallest absolute Gasteiger partial charge is 0.225 e. The second-order valence-electron chi connectivity index (χ2n) is 7.68. The van der Waals surface area contributed by atoms with Crippen LogP contribution in [0.2, 0.25) is 0 Å². The van der Waals surface area contributed by atoms with Crippen LogP contribution in [0.5, 0.6) is 11.5 Å². The summed E-state index contributed by atoms with van der Waals surface area (Å²) >= 11 is 0. The van der Waals surface area contributed by atoms with Crippen LogP contribution in [-0.4, -0.2) is 79.9 Å². The first kappa shape index (κ1) is 22.4. The van der Waals surface area contributed by atoms with Gasteiger partial charge in [0.2, 0.25) is 11.8 Å². The van der Waals surface area contributed by atoms with Crippen molar-refractivity contribution in [2.45, 2.75) is 44.2 Å². The molecule has 1 N–H and O–H groups in total. The molecule has 0 spiro atoms. The summed E-state index contributed by atoms with van der Waals surface area (Å²) < 4.78 is 16.5. The first-order chi connectivity index (χ1) is 14.6. The molecule has 2 saturated heterocycles. The van der Waals surface area contributed by atoms with Crippen molar-refractivity contribution in [1.82, 2.24) is 9.80 Å². The third-order valence-electron chi connectivity index (χ3n) is 5.87. The number of aliphatic hydroxyl groups excluding tert-OH is 1. The molecule has 0 bridgehead atoms. The third kappa shape index (κ3) is 5.05. The van der Waals surface area contributed by atoms with Crippen molar-refractivity contribution in [2.24, 2.45) is 0 Å². The number of methoxy groups -OCH3 is 2. The first-order valence-electron chi connectivity index (χ1n) is 10.6. The van der Waals surface area contributed by atoms with E-state index in [1.165, 1.54) is 0 Å². The molecule has 3 rings (SSSR count). The summed E-state index contributed by atoms with van der Waals surface area (Å²) in [6.45, 7) is 1.74. The molecule has 1 aromatic rings. The highest BCUT2D eigenvalue weighted by atomic mass is 16.5. The second kappa shape index (κ2) is 10.6. The Kier molecular flexibility index (Phi) is 7.93. The zero-order valence-corrected chi connectivity index (χ0v) is 17.8. The quantitative estimate of drug-likeness (QED) is 0.723.